The van der Waals surface area contributed by atoms with Gasteiger partial charge in [-0.3, -0.25) is 4.98 Å². The lowest BCUT2D eigenvalue weighted by atomic mass is 10.3. The van der Waals surface area contributed by atoms with Crippen LogP contribution in [0.2, 0.25) is 0 Å². The van der Waals surface area contributed by atoms with Crippen molar-refractivity contribution in [2.45, 2.75) is 33.6 Å². The Morgan fingerprint density at radius 2 is 2.20 bits per heavy atom. The Balaban J connectivity index is 2.65. The number of carbonyl (C=O) groups excluding carboxylic acids is 1. The van der Waals surface area contributed by atoms with Crippen LogP contribution in [0.3, 0.4) is 0 Å². The summed E-state index contributed by atoms with van der Waals surface area (Å²) in [4.78, 5) is 19.7. The second kappa shape index (κ2) is 5.44. The Bertz CT molecular complexity index is 350. The van der Waals surface area contributed by atoms with E-state index in [9.17, 15) is 4.79 Å². The van der Waals surface area contributed by atoms with Crippen molar-refractivity contribution in [3.05, 3.63) is 23.3 Å². The number of aryl methyl sites for hydroxylation is 2. The normalized spacial score (nSPS) is 10.1. The summed E-state index contributed by atoms with van der Waals surface area (Å²) in [5, 5.41) is 0. The molecule has 0 unspecified atom stereocenters. The lowest BCUT2D eigenvalue weighted by Crippen LogP contribution is -2.11. The lowest BCUT2D eigenvalue weighted by Gasteiger charge is -2.05. The van der Waals surface area contributed by atoms with Crippen LogP contribution in [0.1, 0.15) is 41.6 Å². The summed E-state index contributed by atoms with van der Waals surface area (Å²) in [6, 6.07) is 0. The fourth-order valence-corrected chi connectivity index (χ4v) is 1.18. The minimum absolute atomic E-state index is 0.316. The predicted molar refractivity (Wildman–Crippen MR) is 56.7 cm³/mol. The molecular formula is C11H16N2O2. The number of ether oxygens (including phenoxy) is 1. The highest BCUT2D eigenvalue weighted by atomic mass is 16.5. The van der Waals surface area contributed by atoms with E-state index in [1.165, 1.54) is 0 Å². The molecule has 82 valence electrons. The lowest BCUT2D eigenvalue weighted by molar-refractivity contribution is 0.0491. The summed E-state index contributed by atoms with van der Waals surface area (Å²) in [5.41, 5.74) is 1.74. The van der Waals surface area contributed by atoms with E-state index in [1.54, 1.807) is 13.1 Å². The van der Waals surface area contributed by atoms with E-state index >= 15 is 0 Å². The van der Waals surface area contributed by atoms with Gasteiger partial charge in [0.05, 0.1) is 18.0 Å². The van der Waals surface area contributed by atoms with Gasteiger partial charge in [0.2, 0.25) is 0 Å². The average molecular weight is 208 g/mol. The molecule has 0 atom stereocenters. The quantitative estimate of drug-likeness (QED) is 0.561. The minimum atomic E-state index is -0.381. The predicted octanol–water partition coefficient (Wildman–Crippen LogP) is 2.05. The summed E-state index contributed by atoms with van der Waals surface area (Å²) in [6.07, 6.45) is 3.46. The first kappa shape index (κ1) is 11.6. The average Bonchev–Trinajstić information content (AvgIpc) is 2.17. The molecule has 1 heterocycles. The maximum Gasteiger partial charge on any atom is 0.358 e. The van der Waals surface area contributed by atoms with Gasteiger partial charge >= 0.3 is 5.97 Å². The molecule has 4 heteroatoms. The molecule has 0 aliphatic rings. The fourth-order valence-electron chi connectivity index (χ4n) is 1.18. The van der Waals surface area contributed by atoms with Gasteiger partial charge in [0.1, 0.15) is 0 Å². The molecule has 0 amide bonds. The van der Waals surface area contributed by atoms with Crippen LogP contribution in [0.15, 0.2) is 6.20 Å². The number of aromatic nitrogens is 2. The Labute approximate surface area is 89.7 Å². The summed E-state index contributed by atoms with van der Waals surface area (Å²) < 4.78 is 5.05. The van der Waals surface area contributed by atoms with Crippen molar-refractivity contribution in [3.63, 3.8) is 0 Å². The zero-order valence-corrected chi connectivity index (χ0v) is 9.41. The van der Waals surface area contributed by atoms with Gasteiger partial charge in [-0.05, 0) is 20.3 Å². The molecule has 0 radical (unpaired) electrons. The van der Waals surface area contributed by atoms with E-state index in [4.69, 9.17) is 4.74 Å². The van der Waals surface area contributed by atoms with Gasteiger partial charge in [-0.1, -0.05) is 13.3 Å². The number of hydrogen-bond donors (Lipinski definition) is 0. The number of hydrogen-bond acceptors (Lipinski definition) is 4. The van der Waals surface area contributed by atoms with E-state index < -0.39 is 0 Å². The molecule has 0 saturated heterocycles. The fraction of sp³-hybridized carbons (Fsp3) is 0.545. The number of nitrogens with zero attached hydrogens (tertiary/aromatic N) is 2. The second-order valence-electron chi connectivity index (χ2n) is 3.43. The van der Waals surface area contributed by atoms with Gasteiger partial charge in [0, 0.05) is 6.20 Å². The zero-order valence-electron chi connectivity index (χ0n) is 9.41. The van der Waals surface area contributed by atoms with Crippen LogP contribution in [-0.2, 0) is 4.74 Å². The molecule has 1 aromatic rings. The molecule has 0 aliphatic heterocycles. The topological polar surface area (TPSA) is 52.1 Å². The van der Waals surface area contributed by atoms with Crippen molar-refractivity contribution in [2.75, 3.05) is 6.61 Å². The third-order valence-electron chi connectivity index (χ3n) is 1.99. The van der Waals surface area contributed by atoms with Crippen LogP contribution in [0.25, 0.3) is 0 Å². The van der Waals surface area contributed by atoms with Crippen molar-refractivity contribution in [2.24, 2.45) is 0 Å². The molecular weight excluding hydrogens is 192 g/mol. The monoisotopic (exact) mass is 208 g/mol. The first-order chi connectivity index (χ1) is 7.15. The molecule has 0 N–H and O–H groups in total. The highest BCUT2D eigenvalue weighted by Gasteiger charge is 2.12. The van der Waals surface area contributed by atoms with E-state index in [2.05, 4.69) is 9.97 Å². The van der Waals surface area contributed by atoms with E-state index in [0.29, 0.717) is 18.0 Å². The SMILES string of the molecule is CCCCOC(=O)c1ncc(C)nc1C. The van der Waals surface area contributed by atoms with E-state index in [0.717, 1.165) is 18.5 Å². The summed E-state index contributed by atoms with van der Waals surface area (Å²) in [7, 11) is 0. The number of esters is 1. The van der Waals surface area contributed by atoms with Gasteiger partial charge in [-0.15, -0.1) is 0 Å². The zero-order chi connectivity index (χ0) is 11.3. The first-order valence-corrected chi connectivity index (χ1v) is 5.12. The molecule has 0 fully saturated rings. The van der Waals surface area contributed by atoms with Gasteiger partial charge < -0.3 is 4.74 Å². The van der Waals surface area contributed by atoms with Gasteiger partial charge in [-0.25, -0.2) is 9.78 Å². The number of rotatable bonds is 4. The van der Waals surface area contributed by atoms with Crippen LogP contribution in [0, 0.1) is 13.8 Å². The smallest absolute Gasteiger partial charge is 0.358 e. The largest absolute Gasteiger partial charge is 0.461 e. The first-order valence-electron chi connectivity index (χ1n) is 5.12. The molecule has 1 aromatic heterocycles. The minimum Gasteiger partial charge on any atom is -0.461 e. The van der Waals surface area contributed by atoms with Crippen molar-refractivity contribution >= 4 is 5.97 Å². The van der Waals surface area contributed by atoms with Gasteiger partial charge in [-0.2, -0.15) is 0 Å². The molecule has 0 spiro atoms. The van der Waals surface area contributed by atoms with Crippen molar-refractivity contribution in [1.29, 1.82) is 0 Å². The molecule has 0 bridgehead atoms. The Morgan fingerprint density at radius 1 is 1.47 bits per heavy atom. The molecule has 15 heavy (non-hydrogen) atoms. The summed E-state index contributed by atoms with van der Waals surface area (Å²) in [6.45, 7) is 6.09. The molecule has 0 aliphatic carbocycles. The van der Waals surface area contributed by atoms with Crippen LogP contribution in [0.4, 0.5) is 0 Å². The second-order valence-corrected chi connectivity index (χ2v) is 3.43. The van der Waals surface area contributed by atoms with E-state index in [-0.39, 0.29) is 5.97 Å². The highest BCUT2D eigenvalue weighted by molar-refractivity contribution is 5.88. The third kappa shape index (κ3) is 3.31. The number of carbonyl (C=O) groups is 1. The van der Waals surface area contributed by atoms with Gasteiger partial charge in [0.25, 0.3) is 0 Å². The maximum atomic E-state index is 11.5. The summed E-state index contributed by atoms with van der Waals surface area (Å²) >= 11 is 0. The van der Waals surface area contributed by atoms with Crippen LogP contribution < -0.4 is 0 Å². The standard InChI is InChI=1S/C11H16N2O2/c1-4-5-6-15-11(14)10-9(3)13-8(2)7-12-10/h7H,4-6H2,1-3H3. The molecule has 4 nitrogen and oxygen atoms in total. The van der Waals surface area contributed by atoms with Crippen LogP contribution in [-0.4, -0.2) is 22.5 Å². The molecule has 0 saturated carbocycles. The third-order valence-corrected chi connectivity index (χ3v) is 1.99. The van der Waals surface area contributed by atoms with Crippen LogP contribution >= 0.6 is 0 Å². The number of unbranched alkanes of at least 4 members (excludes halogenated alkanes) is 1. The van der Waals surface area contributed by atoms with Crippen LogP contribution in [0.5, 0.6) is 0 Å². The highest BCUT2D eigenvalue weighted by Crippen LogP contribution is 2.04. The molecule has 0 aromatic carbocycles. The Hall–Kier alpha value is -1.45. The maximum absolute atomic E-state index is 11.5. The molecule has 1 rings (SSSR count). The van der Waals surface area contributed by atoms with Crippen molar-refractivity contribution < 1.29 is 9.53 Å². The Morgan fingerprint density at radius 3 is 2.80 bits per heavy atom. The Kier molecular flexibility index (Phi) is 4.21. The van der Waals surface area contributed by atoms with Crippen molar-refractivity contribution in [3.8, 4) is 0 Å². The van der Waals surface area contributed by atoms with Gasteiger partial charge in [0.15, 0.2) is 5.69 Å². The van der Waals surface area contributed by atoms with E-state index in [1.807, 2.05) is 13.8 Å². The van der Waals surface area contributed by atoms with Crippen molar-refractivity contribution in [1.82, 2.24) is 9.97 Å². The summed E-state index contributed by atoms with van der Waals surface area (Å²) in [5.74, 6) is -0.381.